The minimum absolute atomic E-state index is 0.00770. The Bertz CT molecular complexity index is 1190. The summed E-state index contributed by atoms with van der Waals surface area (Å²) >= 11 is 0. The molecular weight excluding hydrogens is 436 g/mol. The van der Waals surface area contributed by atoms with Crippen LogP contribution in [0.5, 0.6) is 0 Å². The third kappa shape index (κ3) is 5.72. The first-order chi connectivity index (χ1) is 17.1. The van der Waals surface area contributed by atoms with Gasteiger partial charge in [0.1, 0.15) is 6.04 Å². The van der Waals surface area contributed by atoms with Gasteiger partial charge < -0.3 is 20.9 Å². The van der Waals surface area contributed by atoms with Crippen molar-refractivity contribution in [1.29, 1.82) is 0 Å². The van der Waals surface area contributed by atoms with Gasteiger partial charge in [0, 0.05) is 43.7 Å². The maximum Gasteiger partial charge on any atom is 0.251 e. The molecule has 6 nitrogen and oxygen atoms in total. The van der Waals surface area contributed by atoms with E-state index in [0.717, 1.165) is 30.3 Å². The number of carbonyl (C=O) groups is 2. The van der Waals surface area contributed by atoms with Gasteiger partial charge in [-0.1, -0.05) is 60.2 Å². The van der Waals surface area contributed by atoms with Gasteiger partial charge in [-0.05, 0) is 54.8 Å². The number of benzene rings is 3. The van der Waals surface area contributed by atoms with Crippen molar-refractivity contribution in [2.75, 3.05) is 32.7 Å². The molecule has 0 radical (unpaired) electrons. The molecule has 2 amide bonds. The van der Waals surface area contributed by atoms with E-state index in [1.54, 1.807) is 0 Å². The summed E-state index contributed by atoms with van der Waals surface area (Å²) in [4.78, 5) is 28.4. The van der Waals surface area contributed by atoms with Crippen LogP contribution in [0.15, 0.2) is 66.7 Å². The van der Waals surface area contributed by atoms with Crippen molar-refractivity contribution < 1.29 is 9.59 Å². The molecule has 1 aliphatic carbocycles. The van der Waals surface area contributed by atoms with Crippen LogP contribution in [-0.2, 0) is 4.79 Å². The quantitative estimate of drug-likeness (QED) is 0.473. The van der Waals surface area contributed by atoms with E-state index in [2.05, 4.69) is 47.1 Å². The molecule has 1 saturated carbocycles. The molecule has 35 heavy (non-hydrogen) atoms. The van der Waals surface area contributed by atoms with Crippen molar-refractivity contribution in [3.05, 3.63) is 83.4 Å². The van der Waals surface area contributed by atoms with Gasteiger partial charge in [0.05, 0.1) is 0 Å². The zero-order valence-electron chi connectivity index (χ0n) is 20.3. The van der Waals surface area contributed by atoms with Crippen molar-refractivity contribution in [1.82, 2.24) is 20.9 Å². The van der Waals surface area contributed by atoms with Crippen LogP contribution in [0.4, 0.5) is 0 Å². The zero-order valence-corrected chi connectivity index (χ0v) is 20.3. The standard InChI is InChI=1S/C29H34N4O2/c1-20-6-8-22(9-7-20)25-19-27(25)31-13-12-26(29(35)33-16-14-30-15-17-33)32-28(34)24-11-10-21-4-2-3-5-23(21)18-24/h2-11,18,25-27,30-31H,12-17,19H2,1H3,(H,32,34)/t25-,26-,27+/m0/s1. The lowest BCUT2D eigenvalue weighted by Crippen LogP contribution is -2.54. The van der Waals surface area contributed by atoms with Gasteiger partial charge in [0.15, 0.2) is 0 Å². The number of amides is 2. The van der Waals surface area contributed by atoms with Gasteiger partial charge in [-0.15, -0.1) is 0 Å². The van der Waals surface area contributed by atoms with E-state index in [1.165, 1.54) is 11.1 Å². The molecule has 0 bridgehead atoms. The van der Waals surface area contributed by atoms with Gasteiger partial charge in [0.25, 0.3) is 5.91 Å². The summed E-state index contributed by atoms with van der Waals surface area (Å²) in [6, 6.07) is 22.3. The monoisotopic (exact) mass is 470 g/mol. The van der Waals surface area contributed by atoms with E-state index in [0.29, 0.717) is 43.6 Å². The normalized spacial score (nSPS) is 20.4. The molecular formula is C29H34N4O2. The summed E-state index contributed by atoms with van der Waals surface area (Å²) < 4.78 is 0. The fraction of sp³-hybridized carbons (Fsp3) is 0.379. The molecule has 3 N–H and O–H groups in total. The zero-order chi connectivity index (χ0) is 24.2. The first-order valence-electron chi connectivity index (χ1n) is 12.7. The molecule has 0 unspecified atom stereocenters. The highest BCUT2D eigenvalue weighted by Crippen LogP contribution is 2.40. The van der Waals surface area contributed by atoms with Crippen LogP contribution in [0.25, 0.3) is 10.8 Å². The lowest BCUT2D eigenvalue weighted by molar-refractivity contribution is -0.134. The number of hydrogen-bond donors (Lipinski definition) is 3. The number of hydrogen-bond acceptors (Lipinski definition) is 4. The van der Waals surface area contributed by atoms with Crippen molar-refractivity contribution in [3.63, 3.8) is 0 Å². The third-order valence-electron chi connectivity index (χ3n) is 7.18. The van der Waals surface area contributed by atoms with Crippen LogP contribution in [0.2, 0.25) is 0 Å². The second-order valence-corrected chi connectivity index (χ2v) is 9.77. The predicted molar refractivity (Wildman–Crippen MR) is 140 cm³/mol. The average Bonchev–Trinajstić information content (AvgIpc) is 3.67. The smallest absolute Gasteiger partial charge is 0.251 e. The van der Waals surface area contributed by atoms with Crippen molar-refractivity contribution in [3.8, 4) is 0 Å². The number of carbonyl (C=O) groups excluding carboxylic acids is 2. The highest BCUT2D eigenvalue weighted by Gasteiger charge is 2.38. The highest BCUT2D eigenvalue weighted by molar-refractivity contribution is 6.00. The minimum Gasteiger partial charge on any atom is -0.340 e. The van der Waals surface area contributed by atoms with Gasteiger partial charge in [-0.3, -0.25) is 9.59 Å². The Kier molecular flexibility index (Phi) is 7.11. The Balaban J connectivity index is 1.22. The summed E-state index contributed by atoms with van der Waals surface area (Å²) in [6.07, 6.45) is 1.68. The summed E-state index contributed by atoms with van der Waals surface area (Å²) in [5, 5.41) is 12.1. The average molecular weight is 471 g/mol. The summed E-state index contributed by atoms with van der Waals surface area (Å²) in [5.74, 6) is 0.339. The molecule has 1 heterocycles. The molecule has 3 atom stereocenters. The van der Waals surface area contributed by atoms with E-state index in [4.69, 9.17) is 0 Å². The molecule has 1 aliphatic heterocycles. The van der Waals surface area contributed by atoms with Crippen molar-refractivity contribution >= 4 is 22.6 Å². The number of piperazine rings is 1. The highest BCUT2D eigenvalue weighted by atomic mass is 16.2. The maximum absolute atomic E-state index is 13.3. The molecule has 5 rings (SSSR count). The van der Waals surface area contributed by atoms with Crippen LogP contribution in [0.3, 0.4) is 0 Å². The molecule has 0 aromatic heterocycles. The topological polar surface area (TPSA) is 73.5 Å². The van der Waals surface area contributed by atoms with Crippen molar-refractivity contribution in [2.24, 2.45) is 0 Å². The number of fused-ring (bicyclic) bond motifs is 1. The largest absolute Gasteiger partial charge is 0.340 e. The second-order valence-electron chi connectivity index (χ2n) is 9.77. The molecule has 3 aromatic carbocycles. The van der Waals surface area contributed by atoms with Crippen LogP contribution >= 0.6 is 0 Å². The Hall–Kier alpha value is -3.22. The molecule has 0 spiro atoms. The number of aryl methyl sites for hydroxylation is 1. The van der Waals surface area contributed by atoms with Crippen LogP contribution < -0.4 is 16.0 Å². The number of nitrogens with zero attached hydrogens (tertiary/aromatic N) is 1. The summed E-state index contributed by atoms with van der Waals surface area (Å²) in [5.41, 5.74) is 3.22. The number of nitrogens with one attached hydrogen (secondary N) is 3. The van der Waals surface area contributed by atoms with E-state index >= 15 is 0 Å². The van der Waals surface area contributed by atoms with Crippen molar-refractivity contribution in [2.45, 2.75) is 37.8 Å². The summed E-state index contributed by atoms with van der Waals surface area (Å²) in [7, 11) is 0. The fourth-order valence-corrected chi connectivity index (χ4v) is 4.95. The third-order valence-corrected chi connectivity index (χ3v) is 7.18. The van der Waals surface area contributed by atoms with E-state index in [9.17, 15) is 9.59 Å². The Morgan fingerprint density at radius 2 is 1.74 bits per heavy atom. The van der Waals surface area contributed by atoms with Gasteiger partial charge in [-0.25, -0.2) is 0 Å². The summed E-state index contributed by atoms with van der Waals surface area (Å²) in [6.45, 7) is 5.71. The molecule has 182 valence electrons. The molecule has 1 saturated heterocycles. The van der Waals surface area contributed by atoms with Crippen LogP contribution in [0.1, 0.15) is 40.2 Å². The molecule has 6 heteroatoms. The SMILES string of the molecule is Cc1ccc([C@@H]2C[C@H]2NCC[C@H](NC(=O)c2ccc3ccccc3c2)C(=O)N2CCNCC2)cc1. The van der Waals surface area contributed by atoms with E-state index in [-0.39, 0.29) is 11.8 Å². The minimum atomic E-state index is -0.545. The Morgan fingerprint density at radius 1 is 1.00 bits per heavy atom. The maximum atomic E-state index is 13.3. The lowest BCUT2D eigenvalue weighted by Gasteiger charge is -2.31. The fourth-order valence-electron chi connectivity index (χ4n) is 4.95. The molecule has 2 fully saturated rings. The van der Waals surface area contributed by atoms with Crippen LogP contribution in [-0.4, -0.2) is 61.5 Å². The number of rotatable bonds is 8. The van der Waals surface area contributed by atoms with E-state index < -0.39 is 6.04 Å². The van der Waals surface area contributed by atoms with Crippen LogP contribution in [0, 0.1) is 6.92 Å². The predicted octanol–water partition coefficient (Wildman–Crippen LogP) is 3.21. The first-order valence-corrected chi connectivity index (χ1v) is 12.7. The second kappa shape index (κ2) is 10.6. The van der Waals surface area contributed by atoms with E-state index in [1.807, 2.05) is 47.4 Å². The molecule has 3 aromatic rings. The van der Waals surface area contributed by atoms with Gasteiger partial charge >= 0.3 is 0 Å². The Morgan fingerprint density at radius 3 is 2.51 bits per heavy atom. The lowest BCUT2D eigenvalue weighted by atomic mass is 10.1. The first kappa shape index (κ1) is 23.5. The van der Waals surface area contributed by atoms with Gasteiger partial charge in [-0.2, -0.15) is 0 Å². The Labute approximate surface area is 207 Å². The molecule has 2 aliphatic rings. The van der Waals surface area contributed by atoms with Gasteiger partial charge in [0.2, 0.25) is 5.91 Å².